The molecular weight excluding hydrogens is 314 g/mol. The third-order valence-corrected chi connectivity index (χ3v) is 3.86. The van der Waals surface area contributed by atoms with Crippen LogP contribution in [0.25, 0.3) is 17.1 Å². The maximum Gasteiger partial charge on any atom is 0.246 e. The van der Waals surface area contributed by atoms with Crippen molar-refractivity contribution in [1.29, 1.82) is 0 Å². The first kappa shape index (κ1) is 13.6. The second kappa shape index (κ2) is 5.97. The molecule has 0 saturated carbocycles. The van der Waals surface area contributed by atoms with Gasteiger partial charge in [0.2, 0.25) is 11.7 Å². The lowest BCUT2D eigenvalue weighted by Gasteiger charge is -2.04. The number of hydrogen-bond donors (Lipinski definition) is 1. The topological polar surface area (TPSA) is 94.6 Å². The normalized spacial score (nSPS) is 10.8. The number of benzene rings is 1. The zero-order valence-electron chi connectivity index (χ0n) is 11.8. The molecule has 0 bridgehead atoms. The highest BCUT2D eigenvalue weighted by molar-refractivity contribution is 7.08. The van der Waals surface area contributed by atoms with Crippen LogP contribution in [0.3, 0.4) is 0 Å². The Hall–Kier alpha value is -3.07. The number of thiophene rings is 1. The minimum absolute atomic E-state index is 0.460. The van der Waals surface area contributed by atoms with Gasteiger partial charge in [-0.2, -0.15) is 16.3 Å². The van der Waals surface area contributed by atoms with Crippen molar-refractivity contribution in [2.75, 3.05) is 5.32 Å². The molecule has 0 unspecified atom stereocenters. The van der Waals surface area contributed by atoms with E-state index >= 15 is 0 Å². The van der Waals surface area contributed by atoms with Gasteiger partial charge in [-0.15, -0.1) is 5.10 Å². The van der Waals surface area contributed by atoms with Gasteiger partial charge in [-0.3, -0.25) is 0 Å². The average Bonchev–Trinajstić information content (AvgIpc) is 3.35. The van der Waals surface area contributed by atoms with E-state index in [9.17, 15) is 0 Å². The molecule has 0 aliphatic heterocycles. The van der Waals surface area contributed by atoms with Crippen LogP contribution in [0.5, 0.6) is 0 Å². The Morgan fingerprint density at radius 2 is 2.09 bits per heavy atom. The summed E-state index contributed by atoms with van der Waals surface area (Å²) < 4.78 is 6.84. The van der Waals surface area contributed by atoms with Crippen molar-refractivity contribution in [1.82, 2.24) is 30.3 Å². The summed E-state index contributed by atoms with van der Waals surface area (Å²) in [6, 6.07) is 9.68. The van der Waals surface area contributed by atoms with Crippen molar-refractivity contribution in [3.8, 4) is 17.1 Å². The minimum atomic E-state index is 0.460. The van der Waals surface area contributed by atoms with Gasteiger partial charge >= 0.3 is 0 Å². The molecule has 0 radical (unpaired) electrons. The van der Waals surface area contributed by atoms with Gasteiger partial charge in [-0.25, -0.2) is 4.68 Å². The van der Waals surface area contributed by atoms with Crippen molar-refractivity contribution < 1.29 is 4.52 Å². The molecule has 23 heavy (non-hydrogen) atoms. The molecule has 3 aromatic heterocycles. The van der Waals surface area contributed by atoms with E-state index < -0.39 is 0 Å². The predicted octanol–water partition coefficient (Wildman–Crippen LogP) is 2.39. The SMILES string of the molecule is c1cc(-c2noc(CNc3ccc(-n4cnnn4)cc3)n2)cs1. The van der Waals surface area contributed by atoms with Crippen molar-refractivity contribution in [3.05, 3.63) is 53.3 Å². The van der Waals surface area contributed by atoms with Gasteiger partial charge in [0.05, 0.1) is 12.2 Å². The molecule has 3 heterocycles. The Balaban J connectivity index is 1.41. The summed E-state index contributed by atoms with van der Waals surface area (Å²) >= 11 is 1.60. The van der Waals surface area contributed by atoms with Crippen molar-refractivity contribution in [2.24, 2.45) is 0 Å². The van der Waals surface area contributed by atoms with Gasteiger partial charge in [-0.05, 0) is 46.1 Å². The number of rotatable bonds is 5. The number of nitrogens with one attached hydrogen (secondary N) is 1. The molecule has 1 aromatic carbocycles. The molecule has 0 aliphatic carbocycles. The molecule has 9 heteroatoms. The van der Waals surface area contributed by atoms with Crippen LogP contribution in [-0.4, -0.2) is 30.3 Å². The lowest BCUT2D eigenvalue weighted by molar-refractivity contribution is 0.384. The number of hydrogen-bond acceptors (Lipinski definition) is 8. The number of anilines is 1. The second-order valence-electron chi connectivity index (χ2n) is 4.68. The van der Waals surface area contributed by atoms with E-state index in [1.807, 2.05) is 41.1 Å². The fourth-order valence-electron chi connectivity index (χ4n) is 2.02. The fourth-order valence-corrected chi connectivity index (χ4v) is 2.66. The van der Waals surface area contributed by atoms with Crippen LogP contribution in [0.4, 0.5) is 5.69 Å². The number of aromatic nitrogens is 6. The Morgan fingerprint density at radius 1 is 1.17 bits per heavy atom. The highest BCUT2D eigenvalue weighted by Crippen LogP contribution is 2.19. The molecule has 8 nitrogen and oxygen atoms in total. The van der Waals surface area contributed by atoms with Crippen LogP contribution in [0.2, 0.25) is 0 Å². The predicted molar refractivity (Wildman–Crippen MR) is 84.1 cm³/mol. The van der Waals surface area contributed by atoms with Gasteiger partial charge in [-0.1, -0.05) is 5.16 Å². The molecule has 114 valence electrons. The van der Waals surface area contributed by atoms with Crippen molar-refractivity contribution >= 4 is 17.0 Å². The first-order valence-corrected chi connectivity index (χ1v) is 7.75. The maximum atomic E-state index is 5.24. The zero-order valence-corrected chi connectivity index (χ0v) is 12.6. The first-order valence-electron chi connectivity index (χ1n) is 6.81. The van der Waals surface area contributed by atoms with Gasteiger partial charge in [0, 0.05) is 16.6 Å². The van der Waals surface area contributed by atoms with Crippen LogP contribution in [0.15, 0.2) is 51.9 Å². The molecule has 0 saturated heterocycles. The fraction of sp³-hybridized carbons (Fsp3) is 0.0714. The molecule has 0 aliphatic rings. The molecule has 0 spiro atoms. The monoisotopic (exact) mass is 325 g/mol. The smallest absolute Gasteiger partial charge is 0.246 e. The molecule has 1 N–H and O–H groups in total. The summed E-state index contributed by atoms with van der Waals surface area (Å²) in [4.78, 5) is 4.36. The Bertz CT molecular complexity index is 868. The Morgan fingerprint density at radius 3 is 2.83 bits per heavy atom. The number of nitrogens with zero attached hydrogens (tertiary/aromatic N) is 6. The summed E-state index contributed by atoms with van der Waals surface area (Å²) in [5.74, 6) is 1.15. The van der Waals surface area contributed by atoms with E-state index in [0.717, 1.165) is 16.9 Å². The van der Waals surface area contributed by atoms with Gasteiger partial charge in [0.1, 0.15) is 6.33 Å². The van der Waals surface area contributed by atoms with Gasteiger partial charge in [0.15, 0.2) is 0 Å². The largest absolute Gasteiger partial charge is 0.376 e. The molecule has 4 aromatic rings. The first-order chi connectivity index (χ1) is 11.4. The summed E-state index contributed by atoms with van der Waals surface area (Å²) in [6.45, 7) is 0.460. The highest BCUT2D eigenvalue weighted by atomic mass is 32.1. The van der Waals surface area contributed by atoms with E-state index in [-0.39, 0.29) is 0 Å². The van der Waals surface area contributed by atoms with E-state index in [2.05, 4.69) is 31.0 Å². The minimum Gasteiger partial charge on any atom is -0.376 e. The second-order valence-corrected chi connectivity index (χ2v) is 5.46. The molecule has 0 atom stereocenters. The highest BCUT2D eigenvalue weighted by Gasteiger charge is 2.08. The van der Waals surface area contributed by atoms with Crippen molar-refractivity contribution in [2.45, 2.75) is 6.54 Å². The van der Waals surface area contributed by atoms with E-state index in [1.165, 1.54) is 0 Å². The van der Waals surface area contributed by atoms with Crippen molar-refractivity contribution in [3.63, 3.8) is 0 Å². The zero-order chi connectivity index (χ0) is 15.5. The standard InChI is InChI=1S/C14H11N7OS/c1-3-12(21-9-16-19-20-21)4-2-11(1)15-7-13-17-14(18-22-13)10-5-6-23-8-10/h1-6,8-9,15H,7H2. The quantitative estimate of drug-likeness (QED) is 0.602. The van der Waals surface area contributed by atoms with Crippen LogP contribution in [-0.2, 0) is 6.54 Å². The van der Waals surface area contributed by atoms with E-state index in [1.54, 1.807) is 22.3 Å². The maximum absolute atomic E-state index is 5.24. The summed E-state index contributed by atoms with van der Waals surface area (Å²) in [5, 5.41) is 22.2. The Kier molecular flexibility index (Phi) is 3.53. The van der Waals surface area contributed by atoms with E-state index in [0.29, 0.717) is 18.3 Å². The lowest BCUT2D eigenvalue weighted by Crippen LogP contribution is -2.00. The van der Waals surface area contributed by atoms with Gasteiger partial charge in [0.25, 0.3) is 0 Å². The number of tetrazole rings is 1. The van der Waals surface area contributed by atoms with Crippen LogP contribution in [0, 0.1) is 0 Å². The van der Waals surface area contributed by atoms with Crippen LogP contribution < -0.4 is 5.32 Å². The molecule has 0 amide bonds. The average molecular weight is 325 g/mol. The summed E-state index contributed by atoms with van der Waals surface area (Å²) in [5.41, 5.74) is 2.80. The molecule has 4 rings (SSSR count). The molecular formula is C14H11N7OS. The third kappa shape index (κ3) is 2.94. The summed E-state index contributed by atoms with van der Waals surface area (Å²) in [6.07, 6.45) is 1.55. The van der Waals surface area contributed by atoms with E-state index in [4.69, 9.17) is 4.52 Å². The van der Waals surface area contributed by atoms with Gasteiger partial charge < -0.3 is 9.84 Å². The molecule has 0 fully saturated rings. The third-order valence-electron chi connectivity index (χ3n) is 3.17. The lowest BCUT2D eigenvalue weighted by atomic mass is 10.3. The Labute approximate surface area is 134 Å². The van der Waals surface area contributed by atoms with Crippen LogP contribution >= 0.6 is 11.3 Å². The summed E-state index contributed by atoms with van der Waals surface area (Å²) in [7, 11) is 0. The van der Waals surface area contributed by atoms with Crippen LogP contribution in [0.1, 0.15) is 5.89 Å².